The van der Waals surface area contributed by atoms with Gasteiger partial charge in [-0.1, -0.05) is 6.92 Å². The van der Waals surface area contributed by atoms with Crippen LogP contribution in [-0.4, -0.2) is 14.8 Å². The molecule has 4 nitrogen and oxygen atoms in total. The number of nitrogens with zero attached hydrogens (tertiary/aromatic N) is 3. The predicted molar refractivity (Wildman–Crippen MR) is 67.5 cm³/mol. The van der Waals surface area contributed by atoms with Gasteiger partial charge in [-0.25, -0.2) is 0 Å². The van der Waals surface area contributed by atoms with Crippen LogP contribution >= 0.6 is 0 Å². The fourth-order valence-corrected chi connectivity index (χ4v) is 1.89. The highest BCUT2D eigenvalue weighted by Crippen LogP contribution is 2.15. The van der Waals surface area contributed by atoms with E-state index in [-0.39, 0.29) is 6.04 Å². The van der Waals surface area contributed by atoms with Crippen LogP contribution in [0.15, 0.2) is 30.6 Å². The number of aromatic nitrogens is 3. The lowest BCUT2D eigenvalue weighted by Crippen LogP contribution is -2.15. The molecule has 0 bridgehead atoms. The van der Waals surface area contributed by atoms with Gasteiger partial charge < -0.3 is 5.73 Å². The van der Waals surface area contributed by atoms with Gasteiger partial charge >= 0.3 is 0 Å². The molecular formula is C13H18N4. The normalized spacial score (nSPS) is 12.6. The smallest absolute Gasteiger partial charge is 0.0624 e. The molecular weight excluding hydrogens is 212 g/mol. The minimum atomic E-state index is -0.00175. The van der Waals surface area contributed by atoms with E-state index in [1.54, 1.807) is 12.4 Å². The van der Waals surface area contributed by atoms with Crippen LogP contribution in [-0.2, 0) is 19.9 Å². The summed E-state index contributed by atoms with van der Waals surface area (Å²) in [4.78, 5) is 4.00. The molecule has 2 aromatic heterocycles. The Morgan fingerprint density at radius 1 is 1.35 bits per heavy atom. The summed E-state index contributed by atoms with van der Waals surface area (Å²) in [6.07, 6.45) is 5.30. The molecule has 0 radical (unpaired) electrons. The summed E-state index contributed by atoms with van der Waals surface area (Å²) < 4.78 is 1.92. The molecule has 2 aromatic rings. The monoisotopic (exact) mass is 230 g/mol. The van der Waals surface area contributed by atoms with E-state index < -0.39 is 0 Å². The molecule has 2 N–H and O–H groups in total. The minimum Gasteiger partial charge on any atom is -0.324 e. The molecule has 0 aliphatic rings. The van der Waals surface area contributed by atoms with Crippen molar-refractivity contribution in [1.29, 1.82) is 0 Å². The standard InChI is InChI=1S/C13H18N4/c1-3-11-8-12(17(2)16-11)9-13(14)10-4-6-15-7-5-10/h4-8,13H,3,9,14H2,1-2H3. The van der Waals surface area contributed by atoms with Gasteiger partial charge in [0.25, 0.3) is 0 Å². The second-order valence-electron chi connectivity index (χ2n) is 4.20. The van der Waals surface area contributed by atoms with Crippen LogP contribution in [0.2, 0.25) is 0 Å². The van der Waals surface area contributed by atoms with Gasteiger partial charge in [0.2, 0.25) is 0 Å². The third kappa shape index (κ3) is 2.71. The van der Waals surface area contributed by atoms with E-state index in [1.807, 2.05) is 23.9 Å². The van der Waals surface area contributed by atoms with E-state index >= 15 is 0 Å². The summed E-state index contributed by atoms with van der Waals surface area (Å²) >= 11 is 0. The topological polar surface area (TPSA) is 56.7 Å². The molecule has 0 spiro atoms. The number of nitrogens with two attached hydrogens (primary N) is 1. The zero-order valence-corrected chi connectivity index (χ0v) is 10.3. The molecule has 2 heterocycles. The summed E-state index contributed by atoms with van der Waals surface area (Å²) in [7, 11) is 1.97. The first-order valence-corrected chi connectivity index (χ1v) is 5.88. The molecule has 2 rings (SSSR count). The van der Waals surface area contributed by atoms with E-state index in [4.69, 9.17) is 5.73 Å². The van der Waals surface area contributed by atoms with Crippen LogP contribution in [0.5, 0.6) is 0 Å². The maximum absolute atomic E-state index is 6.18. The van der Waals surface area contributed by atoms with Gasteiger partial charge in [-0.15, -0.1) is 0 Å². The highest BCUT2D eigenvalue weighted by molar-refractivity contribution is 5.19. The molecule has 90 valence electrons. The van der Waals surface area contributed by atoms with E-state index in [9.17, 15) is 0 Å². The highest BCUT2D eigenvalue weighted by atomic mass is 15.3. The molecule has 0 saturated carbocycles. The molecule has 1 unspecified atom stereocenters. The summed E-state index contributed by atoms with van der Waals surface area (Å²) in [6.45, 7) is 2.11. The second-order valence-corrected chi connectivity index (χ2v) is 4.20. The van der Waals surface area contributed by atoms with E-state index in [0.717, 1.165) is 24.1 Å². The van der Waals surface area contributed by atoms with Gasteiger partial charge in [0.15, 0.2) is 0 Å². The number of pyridine rings is 1. The Bertz CT molecular complexity index is 475. The molecule has 1 atom stereocenters. The lowest BCUT2D eigenvalue weighted by atomic mass is 10.0. The van der Waals surface area contributed by atoms with Gasteiger partial charge in [0, 0.05) is 37.6 Å². The number of rotatable bonds is 4. The SMILES string of the molecule is CCc1cc(CC(N)c2ccncc2)n(C)n1. The average Bonchev–Trinajstić information content (AvgIpc) is 2.71. The summed E-state index contributed by atoms with van der Waals surface area (Å²) in [5.41, 5.74) is 9.58. The Labute approximate surface area is 101 Å². The zero-order valence-electron chi connectivity index (χ0n) is 10.3. The van der Waals surface area contributed by atoms with Crippen molar-refractivity contribution in [2.45, 2.75) is 25.8 Å². The van der Waals surface area contributed by atoms with Gasteiger partial charge in [-0.05, 0) is 30.2 Å². The van der Waals surface area contributed by atoms with Crippen LogP contribution in [0.1, 0.15) is 29.9 Å². The third-order valence-electron chi connectivity index (χ3n) is 2.95. The first kappa shape index (κ1) is 11.8. The van der Waals surface area contributed by atoms with Crippen molar-refractivity contribution in [2.75, 3.05) is 0 Å². The Kier molecular flexibility index (Phi) is 3.54. The number of hydrogen-bond donors (Lipinski definition) is 1. The van der Waals surface area contributed by atoms with Crippen LogP contribution < -0.4 is 5.73 Å². The summed E-state index contributed by atoms with van der Waals surface area (Å²) in [5, 5.41) is 4.42. The zero-order chi connectivity index (χ0) is 12.3. The predicted octanol–water partition coefficient (Wildman–Crippen LogP) is 1.62. The minimum absolute atomic E-state index is 0.00175. The second kappa shape index (κ2) is 5.10. The van der Waals surface area contributed by atoms with Crippen molar-refractivity contribution in [3.05, 3.63) is 47.5 Å². The van der Waals surface area contributed by atoms with Crippen LogP contribution in [0, 0.1) is 0 Å². The maximum Gasteiger partial charge on any atom is 0.0624 e. The fraction of sp³-hybridized carbons (Fsp3) is 0.385. The first-order chi connectivity index (χ1) is 8.20. The third-order valence-corrected chi connectivity index (χ3v) is 2.95. The molecule has 0 aliphatic heterocycles. The molecule has 4 heteroatoms. The largest absolute Gasteiger partial charge is 0.324 e. The van der Waals surface area contributed by atoms with Crippen molar-refractivity contribution < 1.29 is 0 Å². The van der Waals surface area contributed by atoms with Crippen molar-refractivity contribution in [3.8, 4) is 0 Å². The van der Waals surface area contributed by atoms with E-state index in [0.29, 0.717) is 0 Å². The van der Waals surface area contributed by atoms with Crippen LogP contribution in [0.4, 0.5) is 0 Å². The average molecular weight is 230 g/mol. The van der Waals surface area contributed by atoms with Crippen LogP contribution in [0.3, 0.4) is 0 Å². The molecule has 0 fully saturated rings. The maximum atomic E-state index is 6.18. The fourth-order valence-electron chi connectivity index (χ4n) is 1.89. The molecule has 0 aliphatic carbocycles. The highest BCUT2D eigenvalue weighted by Gasteiger charge is 2.10. The van der Waals surface area contributed by atoms with E-state index in [2.05, 4.69) is 23.1 Å². The molecule has 0 aromatic carbocycles. The lowest BCUT2D eigenvalue weighted by molar-refractivity contribution is 0.637. The molecule has 17 heavy (non-hydrogen) atoms. The van der Waals surface area contributed by atoms with Crippen LogP contribution in [0.25, 0.3) is 0 Å². The first-order valence-electron chi connectivity index (χ1n) is 5.88. The van der Waals surface area contributed by atoms with Gasteiger partial charge in [-0.3, -0.25) is 9.67 Å². The molecule has 0 saturated heterocycles. The number of aryl methyl sites for hydroxylation is 2. The molecule has 0 amide bonds. The van der Waals surface area contributed by atoms with Crippen molar-refractivity contribution in [2.24, 2.45) is 12.8 Å². The lowest BCUT2D eigenvalue weighted by Gasteiger charge is -2.11. The van der Waals surface area contributed by atoms with Gasteiger partial charge in [-0.2, -0.15) is 5.10 Å². The quantitative estimate of drug-likeness (QED) is 0.868. The Hall–Kier alpha value is -1.68. The van der Waals surface area contributed by atoms with Crippen molar-refractivity contribution in [3.63, 3.8) is 0 Å². The van der Waals surface area contributed by atoms with E-state index in [1.165, 1.54) is 5.69 Å². The Morgan fingerprint density at radius 3 is 2.65 bits per heavy atom. The summed E-state index contributed by atoms with van der Waals surface area (Å²) in [5.74, 6) is 0. The Balaban J connectivity index is 2.13. The number of hydrogen-bond acceptors (Lipinski definition) is 3. The summed E-state index contributed by atoms with van der Waals surface area (Å²) in [6, 6.07) is 6.04. The Morgan fingerprint density at radius 2 is 2.06 bits per heavy atom. The van der Waals surface area contributed by atoms with Crippen molar-refractivity contribution in [1.82, 2.24) is 14.8 Å². The van der Waals surface area contributed by atoms with Crippen molar-refractivity contribution >= 4 is 0 Å². The van der Waals surface area contributed by atoms with Gasteiger partial charge in [0.1, 0.15) is 0 Å². The van der Waals surface area contributed by atoms with Gasteiger partial charge in [0.05, 0.1) is 5.69 Å².